The number of nitrogens with zero attached hydrogens (tertiary/aromatic N) is 7. The summed E-state index contributed by atoms with van der Waals surface area (Å²) in [6.07, 6.45) is 1.54. The molecule has 10 heteroatoms. The summed E-state index contributed by atoms with van der Waals surface area (Å²) in [5.41, 5.74) is 2.11. The van der Waals surface area contributed by atoms with Gasteiger partial charge in [-0.3, -0.25) is 9.36 Å². The monoisotopic (exact) mass is 443 g/mol. The van der Waals surface area contributed by atoms with Gasteiger partial charge in [-0.1, -0.05) is 40.7 Å². The zero-order valence-corrected chi connectivity index (χ0v) is 18.1. The van der Waals surface area contributed by atoms with Crippen LogP contribution in [0.1, 0.15) is 25.3 Å². The topological polar surface area (TPSA) is 114 Å². The molecule has 0 atom stereocenters. The van der Waals surface area contributed by atoms with Gasteiger partial charge in [0.2, 0.25) is 11.7 Å². The maximum atomic E-state index is 12.9. The van der Waals surface area contributed by atoms with Gasteiger partial charge in [-0.25, -0.2) is 9.67 Å². The van der Waals surface area contributed by atoms with Gasteiger partial charge in [0.05, 0.1) is 12.6 Å². The Balaban J connectivity index is 1.35. The molecule has 0 spiro atoms. The minimum Gasteiger partial charge on any atom is -0.491 e. The third-order valence-corrected chi connectivity index (χ3v) is 4.92. The summed E-state index contributed by atoms with van der Waals surface area (Å²) in [5.74, 6) is 1.48. The fourth-order valence-electron chi connectivity index (χ4n) is 3.40. The predicted molar refractivity (Wildman–Crippen MR) is 120 cm³/mol. The Labute approximate surface area is 188 Å². The molecule has 5 rings (SSSR count). The second-order valence-electron chi connectivity index (χ2n) is 7.79. The zero-order chi connectivity index (χ0) is 22.8. The average Bonchev–Trinajstić information content (AvgIpc) is 3.44. The molecule has 0 aliphatic rings. The Morgan fingerprint density at radius 2 is 1.82 bits per heavy atom. The third-order valence-electron chi connectivity index (χ3n) is 4.92. The molecule has 5 aromatic rings. The van der Waals surface area contributed by atoms with Crippen LogP contribution in [0.25, 0.3) is 22.6 Å². The molecule has 3 aromatic heterocycles. The summed E-state index contributed by atoms with van der Waals surface area (Å²) in [7, 11) is 0. The van der Waals surface area contributed by atoms with Crippen molar-refractivity contribution in [3.05, 3.63) is 82.7 Å². The molecular formula is C23H21N7O3. The van der Waals surface area contributed by atoms with Crippen LogP contribution in [0.2, 0.25) is 0 Å². The van der Waals surface area contributed by atoms with Crippen molar-refractivity contribution in [2.45, 2.75) is 33.0 Å². The molecule has 10 nitrogen and oxygen atoms in total. The fourth-order valence-corrected chi connectivity index (χ4v) is 3.40. The maximum Gasteiger partial charge on any atom is 0.283 e. The highest BCUT2D eigenvalue weighted by atomic mass is 16.5. The van der Waals surface area contributed by atoms with Crippen molar-refractivity contribution in [3.63, 3.8) is 0 Å². The van der Waals surface area contributed by atoms with E-state index in [1.807, 2.05) is 68.4 Å². The molecule has 2 aromatic carbocycles. The van der Waals surface area contributed by atoms with Gasteiger partial charge in [0, 0.05) is 5.56 Å². The number of rotatable bonds is 7. The largest absolute Gasteiger partial charge is 0.491 e. The smallest absolute Gasteiger partial charge is 0.283 e. The van der Waals surface area contributed by atoms with Crippen LogP contribution in [-0.2, 0) is 13.1 Å². The molecule has 0 saturated heterocycles. The van der Waals surface area contributed by atoms with Crippen LogP contribution in [-0.4, -0.2) is 40.8 Å². The van der Waals surface area contributed by atoms with Crippen LogP contribution >= 0.6 is 0 Å². The first-order valence-electron chi connectivity index (χ1n) is 10.5. The molecular weight excluding hydrogens is 422 g/mol. The number of benzene rings is 2. The van der Waals surface area contributed by atoms with Gasteiger partial charge in [-0.2, -0.15) is 4.98 Å². The van der Waals surface area contributed by atoms with Crippen LogP contribution in [0.5, 0.6) is 5.75 Å². The predicted octanol–water partition coefficient (Wildman–Crippen LogP) is 2.92. The van der Waals surface area contributed by atoms with E-state index < -0.39 is 0 Å². The average molecular weight is 443 g/mol. The summed E-state index contributed by atoms with van der Waals surface area (Å²) in [6, 6.07) is 17.2. The molecule has 0 aliphatic heterocycles. The Bertz CT molecular complexity index is 1440. The standard InChI is InChI=1S/C23H21N7O3/c1-15(2)32-18-10-8-17(9-11-18)21-25-19(33-27-21)13-29-14-24-22-20(23(29)31)26-28-30(22)12-16-6-4-3-5-7-16/h3-11,14-15H,12-13H2,1-2H3. The van der Waals surface area contributed by atoms with E-state index in [1.54, 1.807) is 4.68 Å². The molecule has 3 heterocycles. The van der Waals surface area contributed by atoms with Crippen molar-refractivity contribution in [1.82, 2.24) is 34.7 Å². The minimum absolute atomic E-state index is 0.0782. The second-order valence-corrected chi connectivity index (χ2v) is 7.79. The maximum absolute atomic E-state index is 12.9. The molecule has 0 radical (unpaired) electrons. The number of aromatic nitrogens is 7. The van der Waals surface area contributed by atoms with Gasteiger partial charge >= 0.3 is 0 Å². The van der Waals surface area contributed by atoms with E-state index >= 15 is 0 Å². The van der Waals surface area contributed by atoms with E-state index in [0.717, 1.165) is 16.9 Å². The third kappa shape index (κ3) is 4.36. The first-order valence-corrected chi connectivity index (χ1v) is 10.5. The quantitative estimate of drug-likeness (QED) is 0.377. The van der Waals surface area contributed by atoms with E-state index in [1.165, 1.54) is 10.9 Å². The summed E-state index contributed by atoms with van der Waals surface area (Å²) < 4.78 is 14.0. The highest BCUT2D eigenvalue weighted by molar-refractivity contribution is 5.67. The van der Waals surface area contributed by atoms with Crippen LogP contribution in [0, 0.1) is 0 Å². The number of ether oxygens (including phenoxy) is 1. The Morgan fingerprint density at radius 3 is 2.58 bits per heavy atom. The molecule has 0 amide bonds. The van der Waals surface area contributed by atoms with Crippen molar-refractivity contribution >= 4 is 11.2 Å². The summed E-state index contributed by atoms with van der Waals surface area (Å²) >= 11 is 0. The van der Waals surface area contributed by atoms with E-state index in [4.69, 9.17) is 9.26 Å². The van der Waals surface area contributed by atoms with Crippen LogP contribution in [0.15, 0.2) is 70.2 Å². The molecule has 166 valence electrons. The van der Waals surface area contributed by atoms with Crippen LogP contribution < -0.4 is 10.3 Å². The lowest BCUT2D eigenvalue weighted by Gasteiger charge is -2.09. The van der Waals surface area contributed by atoms with Gasteiger partial charge in [-0.15, -0.1) is 5.10 Å². The van der Waals surface area contributed by atoms with E-state index in [9.17, 15) is 4.79 Å². The minimum atomic E-state index is -0.325. The van der Waals surface area contributed by atoms with Gasteiger partial charge in [0.15, 0.2) is 11.2 Å². The zero-order valence-electron chi connectivity index (χ0n) is 18.1. The van der Waals surface area contributed by atoms with Gasteiger partial charge in [0.1, 0.15) is 18.6 Å². The van der Waals surface area contributed by atoms with Gasteiger partial charge in [0.25, 0.3) is 5.56 Å². The summed E-state index contributed by atoms with van der Waals surface area (Å²) in [5, 5.41) is 12.2. The van der Waals surface area contributed by atoms with Crippen molar-refractivity contribution in [2.24, 2.45) is 0 Å². The lowest BCUT2D eigenvalue weighted by Crippen LogP contribution is -2.21. The molecule has 0 N–H and O–H groups in total. The van der Waals surface area contributed by atoms with Crippen molar-refractivity contribution < 1.29 is 9.26 Å². The van der Waals surface area contributed by atoms with Gasteiger partial charge < -0.3 is 9.26 Å². The molecule has 33 heavy (non-hydrogen) atoms. The first kappa shape index (κ1) is 20.6. The van der Waals surface area contributed by atoms with E-state index in [2.05, 4.69) is 25.4 Å². The fraction of sp³-hybridized carbons (Fsp3) is 0.217. The molecule has 0 fully saturated rings. The van der Waals surface area contributed by atoms with E-state index in [-0.39, 0.29) is 29.6 Å². The number of fused-ring (bicyclic) bond motifs is 1. The van der Waals surface area contributed by atoms with Crippen molar-refractivity contribution in [2.75, 3.05) is 0 Å². The summed E-state index contributed by atoms with van der Waals surface area (Å²) in [6.45, 7) is 4.49. The molecule has 0 saturated carbocycles. The van der Waals surface area contributed by atoms with Crippen molar-refractivity contribution in [3.8, 4) is 17.1 Å². The SMILES string of the molecule is CC(C)Oc1ccc(-c2noc(Cn3cnc4c(nnn4Cc4ccccc4)c3=O)n2)cc1. The van der Waals surface area contributed by atoms with Gasteiger partial charge in [-0.05, 0) is 43.7 Å². The van der Waals surface area contributed by atoms with Crippen LogP contribution in [0.3, 0.4) is 0 Å². The number of hydrogen-bond acceptors (Lipinski definition) is 8. The molecule has 0 unspecified atom stereocenters. The van der Waals surface area contributed by atoms with Crippen molar-refractivity contribution in [1.29, 1.82) is 0 Å². The normalized spacial score (nSPS) is 11.4. The Hall–Kier alpha value is -4.34. The highest BCUT2D eigenvalue weighted by Crippen LogP contribution is 2.21. The van der Waals surface area contributed by atoms with E-state index in [0.29, 0.717) is 18.0 Å². The number of hydrogen-bond donors (Lipinski definition) is 0. The highest BCUT2D eigenvalue weighted by Gasteiger charge is 2.15. The Morgan fingerprint density at radius 1 is 1.03 bits per heavy atom. The Kier molecular flexibility index (Phi) is 5.39. The lowest BCUT2D eigenvalue weighted by molar-refractivity contribution is 0.242. The second kappa shape index (κ2) is 8.65. The molecule has 0 bridgehead atoms. The lowest BCUT2D eigenvalue weighted by atomic mass is 10.2. The first-order chi connectivity index (χ1) is 16.1. The van der Waals surface area contributed by atoms with Crippen LogP contribution in [0.4, 0.5) is 0 Å². The molecule has 0 aliphatic carbocycles. The summed E-state index contributed by atoms with van der Waals surface area (Å²) in [4.78, 5) is 21.7.